The molecule has 0 bridgehead atoms. The van der Waals surface area contributed by atoms with Crippen molar-refractivity contribution >= 4 is 21.7 Å². The Morgan fingerprint density at radius 3 is 2.72 bits per heavy atom. The first-order chi connectivity index (χ1) is 8.63. The van der Waals surface area contributed by atoms with Gasteiger partial charge in [0, 0.05) is 36.9 Å². The summed E-state index contributed by atoms with van der Waals surface area (Å²) in [5.74, 6) is 1.32. The molecule has 1 aromatic heterocycles. The zero-order valence-corrected chi connectivity index (χ0v) is 12.6. The zero-order chi connectivity index (χ0) is 13.1. The van der Waals surface area contributed by atoms with Gasteiger partial charge in [0.15, 0.2) is 5.82 Å². The minimum Gasteiger partial charge on any atom is -0.352 e. The van der Waals surface area contributed by atoms with Crippen molar-refractivity contribution in [3.63, 3.8) is 0 Å². The number of anilines is 1. The van der Waals surface area contributed by atoms with Crippen molar-refractivity contribution < 1.29 is 0 Å². The first-order valence-corrected chi connectivity index (χ1v) is 7.49. The standard InChI is InChI=1S/C13H20BrN3O/c1-3-16-9-6-15-12(13(16)18)17-7-4-11(5-8-17)10(2)14/h6,9-11H,3-5,7-8H2,1-2H3. The average molecular weight is 314 g/mol. The molecule has 1 saturated heterocycles. The number of aryl methyl sites for hydroxylation is 1. The molecule has 1 aliphatic rings. The SMILES string of the molecule is CCn1ccnc(N2CCC(C(C)Br)CC2)c1=O. The summed E-state index contributed by atoms with van der Waals surface area (Å²) in [6, 6.07) is 0. The fourth-order valence-corrected chi connectivity index (χ4v) is 3.00. The highest BCUT2D eigenvalue weighted by Crippen LogP contribution is 2.26. The third-order valence-electron chi connectivity index (χ3n) is 3.72. The minimum absolute atomic E-state index is 0.0327. The van der Waals surface area contributed by atoms with E-state index in [4.69, 9.17) is 0 Å². The largest absolute Gasteiger partial charge is 0.352 e. The number of hydrogen-bond donors (Lipinski definition) is 0. The molecular weight excluding hydrogens is 294 g/mol. The Kier molecular flexibility index (Phi) is 4.43. The summed E-state index contributed by atoms with van der Waals surface area (Å²) >= 11 is 3.65. The van der Waals surface area contributed by atoms with Gasteiger partial charge in [-0.15, -0.1) is 0 Å². The topological polar surface area (TPSA) is 38.1 Å². The number of alkyl halides is 1. The van der Waals surface area contributed by atoms with Gasteiger partial charge in [-0.05, 0) is 25.7 Å². The highest BCUT2D eigenvalue weighted by atomic mass is 79.9. The normalized spacial score (nSPS) is 18.9. The molecule has 18 heavy (non-hydrogen) atoms. The van der Waals surface area contributed by atoms with Gasteiger partial charge in [0.1, 0.15) is 0 Å². The zero-order valence-electron chi connectivity index (χ0n) is 11.0. The van der Waals surface area contributed by atoms with Crippen LogP contribution in [0.1, 0.15) is 26.7 Å². The molecule has 0 N–H and O–H groups in total. The molecule has 1 aliphatic heterocycles. The Labute approximate surface area is 116 Å². The molecule has 1 unspecified atom stereocenters. The lowest BCUT2D eigenvalue weighted by Crippen LogP contribution is -2.40. The highest BCUT2D eigenvalue weighted by Gasteiger charge is 2.24. The maximum atomic E-state index is 12.2. The fraction of sp³-hybridized carbons (Fsp3) is 0.692. The van der Waals surface area contributed by atoms with E-state index in [0.29, 0.717) is 23.1 Å². The molecule has 0 saturated carbocycles. The van der Waals surface area contributed by atoms with Crippen molar-refractivity contribution in [1.82, 2.24) is 9.55 Å². The molecule has 0 aliphatic carbocycles. The van der Waals surface area contributed by atoms with Gasteiger partial charge >= 0.3 is 0 Å². The van der Waals surface area contributed by atoms with Crippen LogP contribution in [0.2, 0.25) is 0 Å². The summed E-state index contributed by atoms with van der Waals surface area (Å²) in [5, 5.41) is 0. The number of piperidine rings is 1. The first kappa shape index (κ1) is 13.6. The third-order valence-corrected chi connectivity index (χ3v) is 4.47. The van der Waals surface area contributed by atoms with Crippen molar-refractivity contribution in [3.8, 4) is 0 Å². The van der Waals surface area contributed by atoms with E-state index in [0.717, 1.165) is 25.9 Å². The van der Waals surface area contributed by atoms with Crippen molar-refractivity contribution in [3.05, 3.63) is 22.7 Å². The van der Waals surface area contributed by atoms with E-state index in [1.165, 1.54) is 0 Å². The fourth-order valence-electron chi connectivity index (χ4n) is 2.47. The van der Waals surface area contributed by atoms with E-state index >= 15 is 0 Å². The van der Waals surface area contributed by atoms with Gasteiger partial charge in [-0.1, -0.05) is 22.9 Å². The Morgan fingerprint density at radius 2 is 2.17 bits per heavy atom. The van der Waals surface area contributed by atoms with E-state index in [9.17, 15) is 4.79 Å². The molecule has 1 aromatic rings. The number of rotatable bonds is 3. The van der Waals surface area contributed by atoms with Crippen LogP contribution in [0, 0.1) is 5.92 Å². The van der Waals surface area contributed by atoms with Gasteiger partial charge in [0.05, 0.1) is 0 Å². The van der Waals surface area contributed by atoms with Crippen molar-refractivity contribution in [2.24, 2.45) is 5.92 Å². The van der Waals surface area contributed by atoms with Crippen LogP contribution in [0.4, 0.5) is 5.82 Å². The highest BCUT2D eigenvalue weighted by molar-refractivity contribution is 9.09. The van der Waals surface area contributed by atoms with Gasteiger partial charge in [-0.2, -0.15) is 0 Å². The number of halogens is 1. The number of hydrogen-bond acceptors (Lipinski definition) is 3. The van der Waals surface area contributed by atoms with Gasteiger partial charge in [0.2, 0.25) is 0 Å². The van der Waals surface area contributed by atoms with E-state index in [-0.39, 0.29) is 5.56 Å². The molecule has 2 rings (SSSR count). The smallest absolute Gasteiger partial charge is 0.293 e. The molecule has 1 fully saturated rings. The van der Waals surface area contributed by atoms with Crippen LogP contribution in [0.15, 0.2) is 17.2 Å². The Bertz CT molecular complexity index is 450. The van der Waals surface area contributed by atoms with Crippen LogP contribution in [-0.4, -0.2) is 27.5 Å². The minimum atomic E-state index is 0.0327. The lowest BCUT2D eigenvalue weighted by Gasteiger charge is -2.33. The molecule has 100 valence electrons. The summed E-state index contributed by atoms with van der Waals surface area (Å²) < 4.78 is 1.71. The second kappa shape index (κ2) is 5.87. The van der Waals surface area contributed by atoms with E-state index < -0.39 is 0 Å². The molecule has 0 aromatic carbocycles. The third kappa shape index (κ3) is 2.76. The summed E-state index contributed by atoms with van der Waals surface area (Å²) in [7, 11) is 0. The van der Waals surface area contributed by atoms with E-state index in [1.54, 1.807) is 17.0 Å². The molecule has 0 spiro atoms. The van der Waals surface area contributed by atoms with Crippen molar-refractivity contribution in [1.29, 1.82) is 0 Å². The number of aromatic nitrogens is 2. The Hall–Kier alpha value is -0.840. The molecular formula is C13H20BrN3O. The maximum absolute atomic E-state index is 12.2. The molecule has 5 heteroatoms. The predicted molar refractivity (Wildman–Crippen MR) is 77.5 cm³/mol. The lowest BCUT2D eigenvalue weighted by atomic mass is 9.94. The lowest BCUT2D eigenvalue weighted by molar-refractivity contribution is 0.404. The van der Waals surface area contributed by atoms with Crippen LogP contribution in [-0.2, 0) is 6.54 Å². The van der Waals surface area contributed by atoms with Gasteiger partial charge in [0.25, 0.3) is 5.56 Å². The number of nitrogens with zero attached hydrogens (tertiary/aromatic N) is 3. The van der Waals surface area contributed by atoms with Gasteiger partial charge in [-0.25, -0.2) is 4.98 Å². The van der Waals surface area contributed by atoms with Gasteiger partial charge in [-0.3, -0.25) is 4.79 Å². The molecule has 1 atom stereocenters. The van der Waals surface area contributed by atoms with E-state index in [2.05, 4.69) is 32.7 Å². The monoisotopic (exact) mass is 313 g/mol. The van der Waals surface area contributed by atoms with Crippen molar-refractivity contribution in [2.75, 3.05) is 18.0 Å². The van der Waals surface area contributed by atoms with Crippen LogP contribution < -0.4 is 10.5 Å². The Balaban J connectivity index is 2.13. The first-order valence-electron chi connectivity index (χ1n) is 6.58. The van der Waals surface area contributed by atoms with Crippen LogP contribution in [0.25, 0.3) is 0 Å². The predicted octanol–water partition coefficient (Wildman–Crippen LogP) is 2.26. The van der Waals surface area contributed by atoms with Crippen LogP contribution >= 0.6 is 15.9 Å². The summed E-state index contributed by atoms with van der Waals surface area (Å²) in [6.45, 7) is 6.73. The molecule has 0 radical (unpaired) electrons. The molecule has 0 amide bonds. The summed E-state index contributed by atoms with van der Waals surface area (Å²) in [4.78, 5) is 19.1. The maximum Gasteiger partial charge on any atom is 0.293 e. The van der Waals surface area contributed by atoms with E-state index in [1.807, 2.05) is 6.92 Å². The summed E-state index contributed by atoms with van der Waals surface area (Å²) in [6.07, 6.45) is 5.71. The van der Waals surface area contributed by atoms with Gasteiger partial charge < -0.3 is 9.47 Å². The average Bonchev–Trinajstić information content (AvgIpc) is 2.39. The van der Waals surface area contributed by atoms with Crippen molar-refractivity contribution in [2.45, 2.75) is 38.1 Å². The van der Waals surface area contributed by atoms with Crippen LogP contribution in [0.5, 0.6) is 0 Å². The second-order valence-corrected chi connectivity index (χ2v) is 6.29. The second-order valence-electron chi connectivity index (χ2n) is 4.84. The van der Waals surface area contributed by atoms with Crippen LogP contribution in [0.3, 0.4) is 0 Å². The molecule has 2 heterocycles. The summed E-state index contributed by atoms with van der Waals surface area (Å²) in [5.41, 5.74) is 0.0327. The molecule has 4 nitrogen and oxygen atoms in total. The Morgan fingerprint density at radius 1 is 1.50 bits per heavy atom. The quantitative estimate of drug-likeness (QED) is 0.803.